The summed E-state index contributed by atoms with van der Waals surface area (Å²) in [5.74, 6) is 0.733. The first-order chi connectivity index (χ1) is 12.1. The third-order valence-electron chi connectivity index (χ3n) is 3.56. The second kappa shape index (κ2) is 9.57. The molecule has 2 aromatic carbocycles. The summed E-state index contributed by atoms with van der Waals surface area (Å²) in [5, 5.41) is 9.05. The summed E-state index contributed by atoms with van der Waals surface area (Å²) in [4.78, 5) is 11.0. The standard InChI is InChI=1S/C20H24O5/c1-3-5-15-6-9-17(10-7-15)24-12-13-25-18-11-8-16(20(21)22)14-19(18)23-4-2/h6-11,14H,3-5,12-13H2,1-2H3,(H,21,22). The van der Waals surface area contributed by atoms with Gasteiger partial charge in [-0.05, 0) is 49.2 Å². The maximum Gasteiger partial charge on any atom is 0.335 e. The molecule has 0 atom stereocenters. The van der Waals surface area contributed by atoms with Crippen LogP contribution in [-0.2, 0) is 6.42 Å². The average Bonchev–Trinajstić information content (AvgIpc) is 2.61. The third kappa shape index (κ3) is 5.71. The summed E-state index contributed by atoms with van der Waals surface area (Å²) in [7, 11) is 0. The van der Waals surface area contributed by atoms with Crippen LogP contribution in [0.15, 0.2) is 42.5 Å². The molecular weight excluding hydrogens is 320 g/mol. The maximum absolute atomic E-state index is 11.0. The van der Waals surface area contributed by atoms with Crippen molar-refractivity contribution in [1.82, 2.24) is 0 Å². The molecule has 0 amide bonds. The lowest BCUT2D eigenvalue weighted by Gasteiger charge is -2.13. The Bertz CT molecular complexity index is 679. The van der Waals surface area contributed by atoms with Gasteiger partial charge in [0.15, 0.2) is 11.5 Å². The van der Waals surface area contributed by atoms with Gasteiger partial charge in [-0.1, -0.05) is 25.5 Å². The number of aryl methyl sites for hydroxylation is 1. The zero-order valence-corrected chi connectivity index (χ0v) is 14.7. The van der Waals surface area contributed by atoms with Crippen LogP contribution in [-0.4, -0.2) is 30.9 Å². The number of hydrogen-bond donors (Lipinski definition) is 1. The molecule has 0 fully saturated rings. The number of carboxylic acid groups (broad SMARTS) is 1. The summed E-state index contributed by atoms with van der Waals surface area (Å²) in [5.41, 5.74) is 1.46. The van der Waals surface area contributed by atoms with E-state index in [0.717, 1.165) is 18.6 Å². The second-order valence-corrected chi connectivity index (χ2v) is 5.49. The topological polar surface area (TPSA) is 65.0 Å². The molecule has 0 aromatic heterocycles. The molecule has 5 heteroatoms. The summed E-state index contributed by atoms with van der Waals surface area (Å²) in [6, 6.07) is 12.6. The molecule has 0 radical (unpaired) electrons. The van der Waals surface area contributed by atoms with Crippen molar-refractivity contribution in [2.24, 2.45) is 0 Å². The predicted molar refractivity (Wildman–Crippen MR) is 96.0 cm³/mol. The molecule has 0 aliphatic carbocycles. The monoisotopic (exact) mass is 344 g/mol. The Balaban J connectivity index is 1.87. The molecule has 0 saturated heterocycles. The first kappa shape index (κ1) is 18.6. The molecule has 2 rings (SSSR count). The number of ether oxygens (including phenoxy) is 3. The molecule has 0 heterocycles. The van der Waals surface area contributed by atoms with Gasteiger partial charge < -0.3 is 19.3 Å². The fourth-order valence-electron chi connectivity index (χ4n) is 2.38. The van der Waals surface area contributed by atoms with E-state index in [4.69, 9.17) is 19.3 Å². The molecular formula is C20H24O5. The van der Waals surface area contributed by atoms with E-state index in [0.29, 0.717) is 31.3 Å². The lowest BCUT2D eigenvalue weighted by atomic mass is 10.1. The molecule has 1 N–H and O–H groups in total. The number of benzene rings is 2. The molecule has 5 nitrogen and oxygen atoms in total. The van der Waals surface area contributed by atoms with E-state index < -0.39 is 5.97 Å². The Labute approximate surface area is 148 Å². The predicted octanol–water partition coefficient (Wildman–Crippen LogP) is 4.19. The molecule has 0 spiro atoms. The van der Waals surface area contributed by atoms with Crippen LogP contribution in [0.1, 0.15) is 36.2 Å². The molecule has 25 heavy (non-hydrogen) atoms. The van der Waals surface area contributed by atoms with Gasteiger partial charge in [-0.15, -0.1) is 0 Å². The highest BCUT2D eigenvalue weighted by molar-refractivity contribution is 5.88. The van der Waals surface area contributed by atoms with Gasteiger partial charge in [-0.3, -0.25) is 0 Å². The van der Waals surface area contributed by atoms with Gasteiger partial charge >= 0.3 is 5.97 Å². The van der Waals surface area contributed by atoms with E-state index in [2.05, 4.69) is 19.1 Å². The van der Waals surface area contributed by atoms with E-state index >= 15 is 0 Å². The van der Waals surface area contributed by atoms with Crippen molar-refractivity contribution in [2.75, 3.05) is 19.8 Å². The van der Waals surface area contributed by atoms with Crippen LogP contribution >= 0.6 is 0 Å². The SMILES string of the molecule is CCCc1ccc(OCCOc2ccc(C(=O)O)cc2OCC)cc1. The number of hydrogen-bond acceptors (Lipinski definition) is 4. The number of aromatic carboxylic acids is 1. The molecule has 0 aliphatic rings. The van der Waals surface area contributed by atoms with Gasteiger partial charge in [0, 0.05) is 0 Å². The highest BCUT2D eigenvalue weighted by atomic mass is 16.5. The van der Waals surface area contributed by atoms with Gasteiger partial charge in [0.05, 0.1) is 12.2 Å². The minimum absolute atomic E-state index is 0.166. The highest BCUT2D eigenvalue weighted by Gasteiger charge is 2.10. The van der Waals surface area contributed by atoms with Gasteiger partial charge in [0.2, 0.25) is 0 Å². The Morgan fingerprint density at radius 2 is 1.64 bits per heavy atom. The fraction of sp³-hybridized carbons (Fsp3) is 0.350. The van der Waals surface area contributed by atoms with Crippen LogP contribution in [0.5, 0.6) is 17.2 Å². The largest absolute Gasteiger partial charge is 0.490 e. The van der Waals surface area contributed by atoms with Crippen molar-refractivity contribution in [3.8, 4) is 17.2 Å². The summed E-state index contributed by atoms with van der Waals surface area (Å²) < 4.78 is 16.8. The molecule has 0 aliphatic heterocycles. The van der Waals surface area contributed by atoms with Crippen LogP contribution < -0.4 is 14.2 Å². The van der Waals surface area contributed by atoms with Crippen molar-refractivity contribution in [3.05, 3.63) is 53.6 Å². The minimum atomic E-state index is -0.998. The summed E-state index contributed by atoms with van der Waals surface area (Å²) in [6.07, 6.45) is 2.19. The first-order valence-electron chi connectivity index (χ1n) is 8.48. The average molecular weight is 344 g/mol. The maximum atomic E-state index is 11.0. The number of carbonyl (C=O) groups is 1. The van der Waals surface area contributed by atoms with Crippen LogP contribution in [0.4, 0.5) is 0 Å². The van der Waals surface area contributed by atoms with Crippen molar-refractivity contribution >= 4 is 5.97 Å². The van der Waals surface area contributed by atoms with Crippen LogP contribution in [0.2, 0.25) is 0 Å². The summed E-state index contributed by atoms with van der Waals surface area (Å²) in [6.45, 7) is 5.15. The second-order valence-electron chi connectivity index (χ2n) is 5.49. The summed E-state index contributed by atoms with van der Waals surface area (Å²) >= 11 is 0. The van der Waals surface area contributed by atoms with E-state index in [1.807, 2.05) is 19.1 Å². The zero-order chi connectivity index (χ0) is 18.1. The van der Waals surface area contributed by atoms with Gasteiger partial charge in [0.25, 0.3) is 0 Å². The normalized spacial score (nSPS) is 10.3. The van der Waals surface area contributed by atoms with E-state index in [1.165, 1.54) is 17.7 Å². The van der Waals surface area contributed by atoms with Gasteiger partial charge in [-0.2, -0.15) is 0 Å². The van der Waals surface area contributed by atoms with E-state index in [9.17, 15) is 4.79 Å². The molecule has 0 bridgehead atoms. The number of rotatable bonds is 10. The number of carboxylic acids is 1. The highest BCUT2D eigenvalue weighted by Crippen LogP contribution is 2.28. The lowest BCUT2D eigenvalue weighted by molar-refractivity contribution is 0.0696. The molecule has 134 valence electrons. The lowest BCUT2D eigenvalue weighted by Crippen LogP contribution is -2.10. The smallest absolute Gasteiger partial charge is 0.335 e. The zero-order valence-electron chi connectivity index (χ0n) is 14.7. The van der Waals surface area contributed by atoms with Crippen LogP contribution in [0.3, 0.4) is 0 Å². The molecule has 0 saturated carbocycles. The van der Waals surface area contributed by atoms with Gasteiger partial charge in [-0.25, -0.2) is 4.79 Å². The van der Waals surface area contributed by atoms with Crippen molar-refractivity contribution in [2.45, 2.75) is 26.7 Å². The van der Waals surface area contributed by atoms with E-state index in [1.54, 1.807) is 6.07 Å². The Morgan fingerprint density at radius 3 is 2.28 bits per heavy atom. The Hall–Kier alpha value is -2.69. The van der Waals surface area contributed by atoms with Crippen LogP contribution in [0.25, 0.3) is 0 Å². The third-order valence-corrected chi connectivity index (χ3v) is 3.56. The quantitative estimate of drug-likeness (QED) is 0.655. The van der Waals surface area contributed by atoms with Crippen molar-refractivity contribution in [3.63, 3.8) is 0 Å². The van der Waals surface area contributed by atoms with E-state index in [-0.39, 0.29) is 5.56 Å². The van der Waals surface area contributed by atoms with Crippen molar-refractivity contribution in [1.29, 1.82) is 0 Å². The Morgan fingerprint density at radius 1 is 0.920 bits per heavy atom. The van der Waals surface area contributed by atoms with Crippen LogP contribution in [0, 0.1) is 0 Å². The Kier molecular flexibility index (Phi) is 7.14. The van der Waals surface area contributed by atoms with Crippen molar-refractivity contribution < 1.29 is 24.1 Å². The van der Waals surface area contributed by atoms with Gasteiger partial charge in [0.1, 0.15) is 19.0 Å². The minimum Gasteiger partial charge on any atom is -0.490 e. The first-order valence-corrected chi connectivity index (χ1v) is 8.48. The molecule has 0 unspecified atom stereocenters. The fourth-order valence-corrected chi connectivity index (χ4v) is 2.38. The molecule has 2 aromatic rings.